The van der Waals surface area contributed by atoms with Crippen LogP contribution in [0, 0.1) is 17.0 Å². The average molecular weight is 407 g/mol. The van der Waals surface area contributed by atoms with E-state index in [1.165, 1.54) is 32.0 Å². The minimum atomic E-state index is -0.504. The number of nitro groups is 1. The Morgan fingerprint density at radius 3 is 2.57 bits per heavy atom. The maximum absolute atomic E-state index is 12.7. The fourth-order valence-corrected chi connectivity index (χ4v) is 3.30. The third-order valence-corrected chi connectivity index (χ3v) is 4.92. The first-order chi connectivity index (χ1) is 14.3. The molecule has 0 saturated heterocycles. The molecule has 0 fully saturated rings. The van der Waals surface area contributed by atoms with Crippen molar-refractivity contribution >= 4 is 28.3 Å². The number of nitrogens with one attached hydrogen (secondary N) is 1. The van der Waals surface area contributed by atoms with Crippen molar-refractivity contribution in [2.24, 2.45) is 14.1 Å². The molecule has 1 amide bonds. The lowest BCUT2D eigenvalue weighted by atomic mass is 10.2. The van der Waals surface area contributed by atoms with Crippen LogP contribution in [0.1, 0.15) is 16.2 Å². The van der Waals surface area contributed by atoms with Crippen molar-refractivity contribution in [3.63, 3.8) is 0 Å². The van der Waals surface area contributed by atoms with Crippen LogP contribution in [0.25, 0.3) is 16.7 Å². The Morgan fingerprint density at radius 2 is 1.83 bits per heavy atom. The van der Waals surface area contributed by atoms with Gasteiger partial charge in [0.05, 0.1) is 27.3 Å². The van der Waals surface area contributed by atoms with E-state index in [0.717, 1.165) is 5.52 Å². The minimum Gasteiger partial charge on any atom is -0.320 e. The van der Waals surface area contributed by atoms with Crippen LogP contribution in [-0.2, 0) is 14.1 Å². The lowest BCUT2D eigenvalue weighted by molar-refractivity contribution is -0.384. The van der Waals surface area contributed by atoms with Gasteiger partial charge < -0.3 is 5.32 Å². The number of non-ortho nitro benzene ring substituents is 1. The number of carbonyl (C=O) groups excluding carboxylic acids is 1. The van der Waals surface area contributed by atoms with E-state index in [9.17, 15) is 19.7 Å². The zero-order valence-corrected chi connectivity index (χ0v) is 16.4. The number of nitrogens with zero attached hydrogens (tertiary/aromatic N) is 6. The second-order valence-electron chi connectivity index (χ2n) is 6.77. The lowest BCUT2D eigenvalue weighted by Crippen LogP contribution is -2.19. The molecule has 0 bridgehead atoms. The maximum Gasteiger partial charge on any atom is 0.328 e. The third-order valence-electron chi connectivity index (χ3n) is 4.92. The van der Waals surface area contributed by atoms with Gasteiger partial charge in [0.25, 0.3) is 11.6 Å². The summed E-state index contributed by atoms with van der Waals surface area (Å²) in [5.74, 6) is -0.482. The Bertz CT molecular complexity index is 1380. The minimum absolute atomic E-state index is 0.0866. The van der Waals surface area contributed by atoms with Gasteiger partial charge in [-0.3, -0.25) is 24.0 Å². The van der Waals surface area contributed by atoms with Crippen LogP contribution in [0.5, 0.6) is 0 Å². The van der Waals surface area contributed by atoms with Crippen LogP contribution >= 0.6 is 0 Å². The van der Waals surface area contributed by atoms with E-state index in [1.54, 1.807) is 45.3 Å². The number of aryl methyl sites for hydroxylation is 2. The van der Waals surface area contributed by atoms with Gasteiger partial charge in [0.15, 0.2) is 5.69 Å². The molecule has 4 aromatic rings. The number of hydrogen-bond acceptors (Lipinski definition) is 6. The quantitative estimate of drug-likeness (QED) is 0.406. The molecule has 0 atom stereocenters. The summed E-state index contributed by atoms with van der Waals surface area (Å²) in [7, 11) is 3.34. The Labute approximate surface area is 169 Å². The molecule has 0 aliphatic rings. The number of fused-ring (bicyclic) bond motifs is 1. The van der Waals surface area contributed by atoms with Crippen molar-refractivity contribution in [2.45, 2.75) is 6.92 Å². The molecule has 0 radical (unpaired) electrons. The van der Waals surface area contributed by atoms with Gasteiger partial charge in [-0.05, 0) is 31.2 Å². The molecule has 11 nitrogen and oxygen atoms in total. The topological polar surface area (TPSA) is 130 Å². The molecule has 2 aromatic carbocycles. The van der Waals surface area contributed by atoms with E-state index < -0.39 is 10.8 Å². The lowest BCUT2D eigenvalue weighted by Gasteiger charge is -2.06. The largest absolute Gasteiger partial charge is 0.328 e. The number of amides is 1. The fraction of sp³-hybridized carbons (Fsp3) is 0.158. The molecule has 4 rings (SSSR count). The van der Waals surface area contributed by atoms with E-state index >= 15 is 0 Å². The van der Waals surface area contributed by atoms with Gasteiger partial charge in [-0.2, -0.15) is 0 Å². The summed E-state index contributed by atoms with van der Waals surface area (Å²) in [6.45, 7) is 1.65. The highest BCUT2D eigenvalue weighted by molar-refractivity contribution is 6.04. The number of nitro benzene ring substituents is 1. The summed E-state index contributed by atoms with van der Waals surface area (Å²) < 4.78 is 4.39. The van der Waals surface area contributed by atoms with Gasteiger partial charge in [-0.1, -0.05) is 11.3 Å². The van der Waals surface area contributed by atoms with Gasteiger partial charge >= 0.3 is 5.69 Å². The van der Waals surface area contributed by atoms with Crippen molar-refractivity contribution in [3.8, 4) is 5.69 Å². The normalized spacial score (nSPS) is 11.0. The Hall–Kier alpha value is -4.28. The second-order valence-corrected chi connectivity index (χ2v) is 6.77. The molecule has 2 aromatic heterocycles. The van der Waals surface area contributed by atoms with E-state index in [1.807, 2.05) is 0 Å². The second kappa shape index (κ2) is 6.95. The molecule has 0 aliphatic carbocycles. The number of anilines is 1. The molecule has 1 N–H and O–H groups in total. The monoisotopic (exact) mass is 407 g/mol. The van der Waals surface area contributed by atoms with Crippen LogP contribution in [0.15, 0.2) is 47.3 Å². The van der Waals surface area contributed by atoms with Crippen molar-refractivity contribution in [2.75, 3.05) is 5.32 Å². The molecule has 0 spiro atoms. The van der Waals surface area contributed by atoms with E-state index in [0.29, 0.717) is 22.6 Å². The van der Waals surface area contributed by atoms with Crippen molar-refractivity contribution < 1.29 is 9.72 Å². The molecule has 152 valence electrons. The smallest absolute Gasteiger partial charge is 0.320 e. The molecule has 0 unspecified atom stereocenters. The molecular formula is C19H17N7O4. The molecule has 11 heteroatoms. The Morgan fingerprint density at radius 1 is 1.10 bits per heavy atom. The predicted octanol–water partition coefficient (Wildman–Crippen LogP) is 1.93. The summed E-state index contributed by atoms with van der Waals surface area (Å²) in [4.78, 5) is 35.3. The number of aromatic nitrogens is 5. The first-order valence-electron chi connectivity index (χ1n) is 8.92. The first kappa shape index (κ1) is 19.1. The highest BCUT2D eigenvalue weighted by Gasteiger charge is 2.19. The molecular weight excluding hydrogens is 390 g/mol. The summed E-state index contributed by atoms with van der Waals surface area (Å²) in [6, 6.07) is 11.0. The van der Waals surface area contributed by atoms with Gasteiger partial charge in [0, 0.05) is 31.9 Å². The Kier molecular flexibility index (Phi) is 4.42. The van der Waals surface area contributed by atoms with E-state index in [-0.39, 0.29) is 17.1 Å². The number of imidazole rings is 1. The number of carbonyl (C=O) groups is 1. The zero-order valence-electron chi connectivity index (χ0n) is 16.4. The van der Waals surface area contributed by atoms with Crippen LogP contribution in [0.2, 0.25) is 0 Å². The standard InChI is InChI=1S/C19H17N7O4/c1-11-17(21-22-25(11)13-5-4-6-14(10-13)26(29)30)18(27)20-12-7-8-15-16(9-12)24(3)19(28)23(15)2/h4-10H,1-3H3,(H,20,27). The highest BCUT2D eigenvalue weighted by atomic mass is 16.6. The van der Waals surface area contributed by atoms with Crippen LogP contribution in [0.4, 0.5) is 11.4 Å². The zero-order chi connectivity index (χ0) is 21.6. The average Bonchev–Trinajstić information content (AvgIpc) is 3.22. The van der Waals surface area contributed by atoms with Gasteiger partial charge in [-0.25, -0.2) is 9.48 Å². The van der Waals surface area contributed by atoms with E-state index in [2.05, 4.69) is 15.6 Å². The van der Waals surface area contributed by atoms with Crippen LogP contribution < -0.4 is 11.0 Å². The highest BCUT2D eigenvalue weighted by Crippen LogP contribution is 2.21. The summed E-state index contributed by atoms with van der Waals surface area (Å²) >= 11 is 0. The molecule has 2 heterocycles. The van der Waals surface area contributed by atoms with Crippen LogP contribution in [-0.4, -0.2) is 35.0 Å². The Balaban J connectivity index is 1.64. The van der Waals surface area contributed by atoms with Crippen molar-refractivity contribution in [1.29, 1.82) is 0 Å². The number of benzene rings is 2. The fourth-order valence-electron chi connectivity index (χ4n) is 3.30. The molecule has 0 saturated carbocycles. The summed E-state index contributed by atoms with van der Waals surface area (Å²) in [5.41, 5.74) is 2.61. The van der Waals surface area contributed by atoms with Crippen molar-refractivity contribution in [1.82, 2.24) is 24.1 Å². The predicted molar refractivity (Wildman–Crippen MR) is 109 cm³/mol. The maximum atomic E-state index is 12.7. The number of hydrogen-bond donors (Lipinski definition) is 1. The van der Waals surface area contributed by atoms with Gasteiger partial charge in [-0.15, -0.1) is 5.10 Å². The summed E-state index contributed by atoms with van der Waals surface area (Å²) in [6.07, 6.45) is 0. The molecule has 0 aliphatic heterocycles. The van der Waals surface area contributed by atoms with E-state index in [4.69, 9.17) is 0 Å². The van der Waals surface area contributed by atoms with Gasteiger partial charge in [0.1, 0.15) is 0 Å². The SMILES string of the molecule is Cc1c(C(=O)Nc2ccc3c(c2)n(C)c(=O)n3C)nnn1-c1cccc([N+](=O)[O-])c1. The number of rotatable bonds is 4. The van der Waals surface area contributed by atoms with Crippen LogP contribution in [0.3, 0.4) is 0 Å². The summed E-state index contributed by atoms with van der Waals surface area (Å²) in [5, 5.41) is 21.6. The first-order valence-corrected chi connectivity index (χ1v) is 8.92. The molecule has 30 heavy (non-hydrogen) atoms. The third kappa shape index (κ3) is 3.02. The van der Waals surface area contributed by atoms with Gasteiger partial charge in [0.2, 0.25) is 0 Å². The van der Waals surface area contributed by atoms with Crippen molar-refractivity contribution in [3.05, 3.63) is 74.5 Å².